The molecule has 1 aliphatic heterocycles. The van der Waals surface area contributed by atoms with Gasteiger partial charge in [0, 0.05) is 19.2 Å². The second-order valence-electron chi connectivity index (χ2n) is 5.42. The second kappa shape index (κ2) is 6.05. The molecular weight excluding hydrogens is 278 g/mol. The molecule has 0 bridgehead atoms. The first-order chi connectivity index (χ1) is 9.36. The van der Waals surface area contributed by atoms with Gasteiger partial charge in [0.2, 0.25) is 15.9 Å². The molecule has 0 aromatic carbocycles. The Labute approximate surface area is 120 Å². The zero-order valence-corrected chi connectivity index (χ0v) is 12.9. The van der Waals surface area contributed by atoms with Gasteiger partial charge in [0.1, 0.15) is 12.4 Å². The van der Waals surface area contributed by atoms with Gasteiger partial charge in [0.15, 0.2) is 0 Å². The molecule has 1 aliphatic rings. The molecule has 7 heteroatoms. The highest BCUT2D eigenvalue weighted by Crippen LogP contribution is 2.20. The smallest absolute Gasteiger partial charge is 0.216 e. The maximum atomic E-state index is 11.4. The van der Waals surface area contributed by atoms with Crippen molar-refractivity contribution >= 4 is 10.0 Å². The Hall–Kier alpha value is -1.21. The van der Waals surface area contributed by atoms with Crippen LogP contribution in [0.4, 0.5) is 0 Å². The van der Waals surface area contributed by atoms with Crippen LogP contribution in [0.5, 0.6) is 5.88 Å². The molecule has 0 aliphatic carbocycles. The lowest BCUT2D eigenvalue weighted by Crippen LogP contribution is -2.41. The van der Waals surface area contributed by atoms with Crippen LogP contribution in [0.3, 0.4) is 0 Å². The molecule has 0 amide bonds. The highest BCUT2D eigenvalue weighted by Gasteiger charge is 2.26. The first kappa shape index (κ1) is 15.2. The molecule has 6 nitrogen and oxygen atoms in total. The second-order valence-corrected chi connectivity index (χ2v) is 7.40. The molecular formula is C13H21N3O3S. The SMILES string of the molecule is CC(C)c1cc(OC2CCN(S(C)(=O)=O)CC2)ncn1. The van der Waals surface area contributed by atoms with Crippen LogP contribution in [0.2, 0.25) is 0 Å². The van der Waals surface area contributed by atoms with Crippen molar-refractivity contribution in [2.75, 3.05) is 19.3 Å². The largest absolute Gasteiger partial charge is 0.474 e. The fourth-order valence-electron chi connectivity index (χ4n) is 2.19. The maximum Gasteiger partial charge on any atom is 0.216 e. The van der Waals surface area contributed by atoms with Crippen LogP contribution in [-0.4, -0.2) is 48.1 Å². The Morgan fingerprint density at radius 3 is 2.50 bits per heavy atom. The van der Waals surface area contributed by atoms with Crippen LogP contribution in [0, 0.1) is 0 Å². The molecule has 0 spiro atoms. The number of nitrogens with zero attached hydrogens (tertiary/aromatic N) is 3. The summed E-state index contributed by atoms with van der Waals surface area (Å²) in [7, 11) is -3.09. The van der Waals surface area contributed by atoms with Crippen LogP contribution < -0.4 is 4.74 Å². The molecule has 1 saturated heterocycles. The average Bonchev–Trinajstić information content (AvgIpc) is 2.38. The number of hydrogen-bond acceptors (Lipinski definition) is 5. The van der Waals surface area contributed by atoms with E-state index in [0.29, 0.717) is 37.7 Å². The summed E-state index contributed by atoms with van der Waals surface area (Å²) in [5, 5.41) is 0. The Balaban J connectivity index is 1.94. The normalized spacial score (nSPS) is 18.4. The molecule has 2 heterocycles. The summed E-state index contributed by atoms with van der Waals surface area (Å²) in [6, 6.07) is 1.85. The van der Waals surface area contributed by atoms with E-state index in [4.69, 9.17) is 4.74 Å². The molecule has 1 fully saturated rings. The van der Waals surface area contributed by atoms with E-state index >= 15 is 0 Å². The quantitative estimate of drug-likeness (QED) is 0.840. The summed E-state index contributed by atoms with van der Waals surface area (Å²) in [5.41, 5.74) is 0.948. The molecule has 0 N–H and O–H groups in total. The van der Waals surface area contributed by atoms with E-state index in [-0.39, 0.29) is 6.10 Å². The predicted octanol–water partition coefficient (Wildman–Crippen LogP) is 1.40. The van der Waals surface area contributed by atoms with E-state index in [1.165, 1.54) is 16.9 Å². The van der Waals surface area contributed by atoms with Gasteiger partial charge < -0.3 is 4.74 Å². The van der Waals surface area contributed by atoms with Crippen molar-refractivity contribution in [1.29, 1.82) is 0 Å². The minimum atomic E-state index is -3.09. The molecule has 1 aromatic heterocycles. The fourth-order valence-corrected chi connectivity index (χ4v) is 3.06. The van der Waals surface area contributed by atoms with Gasteiger partial charge in [-0.2, -0.15) is 0 Å². The first-order valence-corrected chi connectivity index (χ1v) is 8.65. The van der Waals surface area contributed by atoms with Crippen LogP contribution in [-0.2, 0) is 10.0 Å². The van der Waals surface area contributed by atoms with Gasteiger partial charge in [0.05, 0.1) is 11.9 Å². The minimum absolute atomic E-state index is 0.0166. The Kier molecular flexibility index (Phi) is 4.59. The zero-order chi connectivity index (χ0) is 14.8. The summed E-state index contributed by atoms with van der Waals surface area (Å²) in [5.74, 6) is 0.897. The Morgan fingerprint density at radius 2 is 1.95 bits per heavy atom. The van der Waals surface area contributed by atoms with Crippen LogP contribution in [0.1, 0.15) is 38.3 Å². The van der Waals surface area contributed by atoms with Crippen molar-refractivity contribution in [3.05, 3.63) is 18.1 Å². The van der Waals surface area contributed by atoms with Gasteiger partial charge >= 0.3 is 0 Å². The third kappa shape index (κ3) is 3.89. The molecule has 1 aromatic rings. The first-order valence-electron chi connectivity index (χ1n) is 6.80. The van der Waals surface area contributed by atoms with Gasteiger partial charge in [-0.3, -0.25) is 0 Å². The van der Waals surface area contributed by atoms with Gasteiger partial charge in [-0.15, -0.1) is 0 Å². The summed E-state index contributed by atoms with van der Waals surface area (Å²) in [4.78, 5) is 8.32. The Bertz CT molecular complexity index is 552. The van der Waals surface area contributed by atoms with Crippen LogP contribution in [0.25, 0.3) is 0 Å². The van der Waals surface area contributed by atoms with Crippen molar-refractivity contribution in [3.63, 3.8) is 0 Å². The predicted molar refractivity (Wildman–Crippen MR) is 76.2 cm³/mol. The minimum Gasteiger partial charge on any atom is -0.474 e. The van der Waals surface area contributed by atoms with Crippen LogP contribution >= 0.6 is 0 Å². The third-order valence-corrected chi connectivity index (χ3v) is 4.72. The molecule has 112 valence electrons. The lowest BCUT2D eigenvalue weighted by molar-refractivity contribution is 0.130. The van der Waals surface area contributed by atoms with Crippen LogP contribution in [0.15, 0.2) is 12.4 Å². The summed E-state index contributed by atoms with van der Waals surface area (Å²) in [6.45, 7) is 5.14. The summed E-state index contributed by atoms with van der Waals surface area (Å²) < 4.78 is 30.2. The lowest BCUT2D eigenvalue weighted by atomic mass is 10.1. The van der Waals surface area contributed by atoms with Gasteiger partial charge in [-0.1, -0.05) is 13.8 Å². The van der Waals surface area contributed by atoms with Crippen molar-refractivity contribution in [2.24, 2.45) is 0 Å². The number of hydrogen-bond donors (Lipinski definition) is 0. The zero-order valence-electron chi connectivity index (χ0n) is 12.1. The fraction of sp³-hybridized carbons (Fsp3) is 0.692. The van der Waals surface area contributed by atoms with Crippen molar-refractivity contribution in [1.82, 2.24) is 14.3 Å². The molecule has 0 atom stereocenters. The molecule has 2 rings (SSSR count). The molecule has 0 unspecified atom stereocenters. The topological polar surface area (TPSA) is 72.4 Å². The number of rotatable bonds is 4. The molecule has 0 radical (unpaired) electrons. The van der Waals surface area contributed by atoms with E-state index in [2.05, 4.69) is 23.8 Å². The lowest BCUT2D eigenvalue weighted by Gasteiger charge is -2.30. The van der Waals surface area contributed by atoms with E-state index < -0.39 is 10.0 Å². The average molecular weight is 299 g/mol. The number of piperidine rings is 1. The van der Waals surface area contributed by atoms with Gasteiger partial charge in [-0.05, 0) is 18.8 Å². The van der Waals surface area contributed by atoms with Crippen molar-refractivity contribution in [2.45, 2.75) is 38.7 Å². The summed E-state index contributed by atoms with van der Waals surface area (Å²) in [6.07, 6.45) is 4.15. The number of ether oxygens (including phenoxy) is 1. The number of sulfonamides is 1. The van der Waals surface area contributed by atoms with E-state index in [9.17, 15) is 8.42 Å². The van der Waals surface area contributed by atoms with Crippen molar-refractivity contribution < 1.29 is 13.2 Å². The van der Waals surface area contributed by atoms with Gasteiger partial charge in [-0.25, -0.2) is 22.7 Å². The third-order valence-electron chi connectivity index (χ3n) is 3.41. The highest BCUT2D eigenvalue weighted by atomic mass is 32.2. The standard InChI is InChI=1S/C13H21N3O3S/c1-10(2)12-8-13(15-9-14-12)19-11-4-6-16(7-5-11)20(3,17)18/h8-11H,4-7H2,1-3H3. The van der Waals surface area contributed by atoms with E-state index in [1.54, 1.807) is 0 Å². The van der Waals surface area contributed by atoms with Crippen molar-refractivity contribution in [3.8, 4) is 5.88 Å². The van der Waals surface area contributed by atoms with E-state index in [0.717, 1.165) is 5.69 Å². The molecule has 20 heavy (non-hydrogen) atoms. The monoisotopic (exact) mass is 299 g/mol. The number of aromatic nitrogens is 2. The summed E-state index contributed by atoms with van der Waals surface area (Å²) >= 11 is 0. The maximum absolute atomic E-state index is 11.4. The molecule has 0 saturated carbocycles. The highest BCUT2D eigenvalue weighted by molar-refractivity contribution is 7.88. The van der Waals surface area contributed by atoms with E-state index in [1.807, 2.05) is 6.07 Å². The van der Waals surface area contributed by atoms with Gasteiger partial charge in [0.25, 0.3) is 0 Å². The Morgan fingerprint density at radius 1 is 1.30 bits per heavy atom.